The lowest BCUT2D eigenvalue weighted by molar-refractivity contribution is -0.131. The predicted octanol–water partition coefficient (Wildman–Crippen LogP) is 5.95. The molecule has 186 valence electrons. The van der Waals surface area contributed by atoms with Crippen molar-refractivity contribution in [3.63, 3.8) is 0 Å². The number of unbranched alkanes of at least 4 members (excludes halogenated alkanes) is 1. The molecule has 0 spiro atoms. The van der Waals surface area contributed by atoms with Crippen molar-refractivity contribution in [3.8, 4) is 0 Å². The molecule has 36 heavy (non-hydrogen) atoms. The van der Waals surface area contributed by atoms with Gasteiger partial charge >= 0.3 is 0 Å². The molecule has 4 aromatic rings. The topological polar surface area (TPSA) is 55.2 Å². The van der Waals surface area contributed by atoms with Crippen molar-refractivity contribution in [2.75, 3.05) is 12.3 Å². The summed E-state index contributed by atoms with van der Waals surface area (Å²) in [5.41, 5.74) is 3.13. The zero-order valence-electron chi connectivity index (χ0n) is 20.8. The predicted molar refractivity (Wildman–Crippen MR) is 148 cm³/mol. The first-order valence-electron chi connectivity index (χ1n) is 12.6. The summed E-state index contributed by atoms with van der Waals surface area (Å²) in [5, 5.41) is 1.41. The van der Waals surface area contributed by atoms with E-state index in [0.717, 1.165) is 41.3 Å². The maximum atomic E-state index is 13.2. The van der Waals surface area contributed by atoms with Gasteiger partial charge < -0.3 is 4.90 Å². The lowest BCUT2D eigenvalue weighted by atomic mass is 10.1. The van der Waals surface area contributed by atoms with E-state index in [4.69, 9.17) is 4.98 Å². The summed E-state index contributed by atoms with van der Waals surface area (Å²) >= 11 is 1.60. The standard InChI is InChI=1S/C30H33N3O2S/c1-2-33-29(35)26-17-9-10-18-27(26)31-30(33)36-22-12-11-19-28(34)32(23-25-15-7-4-8-16-25)21-20-24-13-5-3-6-14-24/h3-10,13-18H,2,11-12,19-23H2,1H3. The second-order valence-corrected chi connectivity index (χ2v) is 9.87. The van der Waals surface area contributed by atoms with Crippen LogP contribution in [0, 0.1) is 0 Å². The molecular formula is C30H33N3O2S. The highest BCUT2D eigenvalue weighted by Crippen LogP contribution is 2.20. The van der Waals surface area contributed by atoms with Crippen LogP contribution in [0.5, 0.6) is 0 Å². The highest BCUT2D eigenvalue weighted by molar-refractivity contribution is 7.99. The Morgan fingerprint density at radius 3 is 2.28 bits per heavy atom. The third-order valence-electron chi connectivity index (χ3n) is 6.24. The van der Waals surface area contributed by atoms with Crippen LogP contribution in [-0.2, 0) is 24.3 Å². The van der Waals surface area contributed by atoms with E-state index < -0.39 is 0 Å². The third kappa shape index (κ3) is 6.85. The number of fused-ring (bicyclic) bond motifs is 1. The van der Waals surface area contributed by atoms with Crippen LogP contribution in [0.4, 0.5) is 0 Å². The fraction of sp³-hybridized carbons (Fsp3) is 0.300. The summed E-state index contributed by atoms with van der Waals surface area (Å²) in [5.74, 6) is 1.01. The van der Waals surface area contributed by atoms with E-state index in [1.165, 1.54) is 5.56 Å². The minimum absolute atomic E-state index is 0.00995. The Labute approximate surface area is 217 Å². The number of carbonyl (C=O) groups is 1. The van der Waals surface area contributed by atoms with Crippen LogP contribution in [0.1, 0.15) is 37.3 Å². The molecule has 0 saturated carbocycles. The van der Waals surface area contributed by atoms with Crippen LogP contribution in [0.15, 0.2) is 94.9 Å². The SMILES string of the molecule is CCn1c(SCCCCC(=O)N(CCc2ccccc2)Cc2ccccc2)nc2ccccc2c1=O. The van der Waals surface area contributed by atoms with Crippen molar-refractivity contribution in [3.05, 3.63) is 106 Å². The molecular weight excluding hydrogens is 466 g/mol. The lowest BCUT2D eigenvalue weighted by Crippen LogP contribution is -2.32. The molecule has 0 unspecified atom stereocenters. The molecule has 0 aliphatic rings. The zero-order chi connectivity index (χ0) is 25.2. The molecule has 3 aromatic carbocycles. The Kier molecular flexibility index (Phi) is 9.33. The monoisotopic (exact) mass is 499 g/mol. The number of thioether (sulfide) groups is 1. The van der Waals surface area contributed by atoms with E-state index in [1.807, 2.05) is 72.5 Å². The fourth-order valence-corrected chi connectivity index (χ4v) is 5.30. The first-order chi connectivity index (χ1) is 17.7. The van der Waals surface area contributed by atoms with E-state index in [1.54, 1.807) is 16.3 Å². The molecule has 1 amide bonds. The molecule has 0 N–H and O–H groups in total. The van der Waals surface area contributed by atoms with Crippen molar-refractivity contribution in [1.29, 1.82) is 0 Å². The van der Waals surface area contributed by atoms with Crippen LogP contribution in [0.3, 0.4) is 0 Å². The minimum Gasteiger partial charge on any atom is -0.338 e. The van der Waals surface area contributed by atoms with Gasteiger partial charge in [0.1, 0.15) is 0 Å². The number of hydrogen-bond donors (Lipinski definition) is 0. The largest absolute Gasteiger partial charge is 0.338 e. The number of aromatic nitrogens is 2. The van der Waals surface area contributed by atoms with E-state index in [-0.39, 0.29) is 11.5 Å². The van der Waals surface area contributed by atoms with Crippen molar-refractivity contribution in [2.24, 2.45) is 0 Å². The first kappa shape index (κ1) is 25.7. The number of amides is 1. The summed E-state index contributed by atoms with van der Waals surface area (Å²) in [7, 11) is 0. The summed E-state index contributed by atoms with van der Waals surface area (Å²) in [6, 6.07) is 28.0. The average Bonchev–Trinajstić information content (AvgIpc) is 2.92. The van der Waals surface area contributed by atoms with Gasteiger partial charge in [-0.05, 0) is 49.4 Å². The molecule has 0 aliphatic heterocycles. The van der Waals surface area contributed by atoms with Gasteiger partial charge in [-0.2, -0.15) is 0 Å². The van der Waals surface area contributed by atoms with Crippen LogP contribution >= 0.6 is 11.8 Å². The quantitative estimate of drug-likeness (QED) is 0.137. The Morgan fingerprint density at radius 1 is 0.889 bits per heavy atom. The van der Waals surface area contributed by atoms with Gasteiger partial charge in [-0.1, -0.05) is 84.6 Å². The Morgan fingerprint density at radius 2 is 1.56 bits per heavy atom. The van der Waals surface area contributed by atoms with Gasteiger partial charge in [-0.3, -0.25) is 14.2 Å². The fourth-order valence-electron chi connectivity index (χ4n) is 4.24. The summed E-state index contributed by atoms with van der Waals surface area (Å²) in [6.07, 6.45) is 3.07. The Bertz CT molecular complexity index is 1320. The van der Waals surface area contributed by atoms with E-state index in [0.29, 0.717) is 31.4 Å². The molecule has 5 nitrogen and oxygen atoms in total. The summed E-state index contributed by atoms with van der Waals surface area (Å²) in [4.78, 5) is 32.7. The van der Waals surface area contributed by atoms with E-state index >= 15 is 0 Å². The Balaban J connectivity index is 1.32. The molecule has 1 aromatic heterocycles. The molecule has 4 rings (SSSR count). The van der Waals surface area contributed by atoms with Gasteiger partial charge in [0.2, 0.25) is 5.91 Å². The summed E-state index contributed by atoms with van der Waals surface area (Å²) in [6.45, 7) is 3.89. The van der Waals surface area contributed by atoms with Crippen molar-refractivity contribution in [1.82, 2.24) is 14.5 Å². The number of benzene rings is 3. The first-order valence-corrected chi connectivity index (χ1v) is 13.6. The number of rotatable bonds is 12. The third-order valence-corrected chi connectivity index (χ3v) is 7.30. The average molecular weight is 500 g/mol. The molecule has 0 bridgehead atoms. The van der Waals surface area contributed by atoms with Gasteiger partial charge in [0.15, 0.2) is 5.16 Å². The normalized spacial score (nSPS) is 11.0. The highest BCUT2D eigenvalue weighted by atomic mass is 32.2. The molecule has 1 heterocycles. The van der Waals surface area contributed by atoms with Gasteiger partial charge in [0.25, 0.3) is 5.56 Å². The molecule has 0 fully saturated rings. The van der Waals surface area contributed by atoms with Gasteiger partial charge in [-0.15, -0.1) is 0 Å². The lowest BCUT2D eigenvalue weighted by Gasteiger charge is -2.23. The smallest absolute Gasteiger partial charge is 0.262 e. The summed E-state index contributed by atoms with van der Waals surface area (Å²) < 4.78 is 1.74. The maximum absolute atomic E-state index is 13.2. The number of nitrogens with zero attached hydrogens (tertiary/aromatic N) is 3. The zero-order valence-corrected chi connectivity index (χ0v) is 21.6. The second kappa shape index (κ2) is 13.1. The minimum atomic E-state index is 0.00995. The Hall–Kier alpha value is -3.38. The van der Waals surface area contributed by atoms with Gasteiger partial charge in [0, 0.05) is 31.8 Å². The van der Waals surface area contributed by atoms with Crippen LogP contribution < -0.4 is 5.56 Å². The van der Waals surface area contributed by atoms with E-state index in [9.17, 15) is 9.59 Å². The number of carbonyl (C=O) groups excluding carboxylic acids is 1. The van der Waals surface area contributed by atoms with Crippen molar-refractivity contribution < 1.29 is 4.79 Å². The van der Waals surface area contributed by atoms with Crippen LogP contribution in [0.25, 0.3) is 10.9 Å². The molecule has 6 heteroatoms. The van der Waals surface area contributed by atoms with Gasteiger partial charge in [0.05, 0.1) is 10.9 Å². The maximum Gasteiger partial charge on any atom is 0.262 e. The molecule has 0 saturated heterocycles. The van der Waals surface area contributed by atoms with Crippen LogP contribution in [-0.4, -0.2) is 32.7 Å². The number of hydrogen-bond acceptors (Lipinski definition) is 4. The van der Waals surface area contributed by atoms with Gasteiger partial charge in [-0.25, -0.2) is 4.98 Å². The second-order valence-electron chi connectivity index (χ2n) is 8.80. The van der Waals surface area contributed by atoms with E-state index in [2.05, 4.69) is 24.3 Å². The highest BCUT2D eigenvalue weighted by Gasteiger charge is 2.15. The number of para-hydroxylation sites is 1. The van der Waals surface area contributed by atoms with Crippen molar-refractivity contribution in [2.45, 2.75) is 50.9 Å². The molecule has 0 aliphatic carbocycles. The molecule has 0 radical (unpaired) electrons. The van der Waals surface area contributed by atoms with Crippen LogP contribution in [0.2, 0.25) is 0 Å². The molecule has 0 atom stereocenters. The van der Waals surface area contributed by atoms with Crippen molar-refractivity contribution >= 4 is 28.6 Å².